The molecule has 0 aromatic heterocycles. The summed E-state index contributed by atoms with van der Waals surface area (Å²) in [6.45, 7) is 20.1. The molecule has 0 spiro atoms. The maximum Gasteiger partial charge on any atom is 0.0462 e. The highest BCUT2D eigenvalue weighted by molar-refractivity contribution is 5.76. The Balaban J connectivity index is 0.00000148. The Morgan fingerprint density at radius 3 is 1.36 bits per heavy atom. The van der Waals surface area contributed by atoms with E-state index in [4.69, 9.17) is 0 Å². The van der Waals surface area contributed by atoms with E-state index in [0.29, 0.717) is 0 Å². The first-order chi connectivity index (χ1) is 20.7. The molecule has 216 valence electrons. The molecule has 2 heteroatoms. The summed E-state index contributed by atoms with van der Waals surface area (Å²) in [5.74, 6) is 0. The molecule has 0 bridgehead atoms. The van der Waals surface area contributed by atoms with Crippen LogP contribution in [0.15, 0.2) is 170 Å². The van der Waals surface area contributed by atoms with Gasteiger partial charge in [0.25, 0.3) is 0 Å². The number of rotatable bonds is 10. The van der Waals surface area contributed by atoms with Crippen LogP contribution < -0.4 is 9.80 Å². The Bertz CT molecular complexity index is 1430. The van der Waals surface area contributed by atoms with E-state index in [1.165, 1.54) is 5.56 Å². The van der Waals surface area contributed by atoms with Crippen LogP contribution in [0.4, 0.5) is 22.7 Å². The highest BCUT2D eigenvalue weighted by Gasteiger charge is 2.14. The normalized spacial score (nSPS) is 11.0. The van der Waals surface area contributed by atoms with Gasteiger partial charge in [0.15, 0.2) is 0 Å². The number of para-hydroxylation sites is 2. The molecule has 0 aliphatic rings. The second-order valence-corrected chi connectivity index (χ2v) is 8.80. The number of anilines is 4. The Morgan fingerprint density at radius 2 is 0.952 bits per heavy atom. The number of hydrogen-bond donors (Lipinski definition) is 0. The van der Waals surface area contributed by atoms with Crippen LogP contribution in [0.1, 0.15) is 41.5 Å². The molecule has 0 saturated carbocycles. The van der Waals surface area contributed by atoms with E-state index in [1.807, 2.05) is 77.1 Å². The molecule has 0 unspecified atom stereocenters. The standard InChI is InChI=1S/C36H34N2.2C2H6/c1-5-8-16-29(4)37(33-17-11-9-12-18-33)35-25-21-30(22-26-35)31-23-27-36(28-24-31)38(32(7-3)15-6-2)34-19-13-10-14-20-34;2*1-2/h5-28H,2-3H2,1,4H3;2*1-2H3/b8-5-,29-16+,32-15+;;. The molecule has 2 nitrogen and oxygen atoms in total. The van der Waals surface area contributed by atoms with Gasteiger partial charge < -0.3 is 9.80 Å². The van der Waals surface area contributed by atoms with Crippen molar-refractivity contribution in [1.82, 2.24) is 0 Å². The zero-order valence-electron chi connectivity index (χ0n) is 26.2. The molecule has 0 saturated heterocycles. The molecule has 0 fully saturated rings. The summed E-state index contributed by atoms with van der Waals surface area (Å²) in [5, 5.41) is 0. The van der Waals surface area contributed by atoms with Crippen LogP contribution in [0.2, 0.25) is 0 Å². The summed E-state index contributed by atoms with van der Waals surface area (Å²) in [7, 11) is 0. The van der Waals surface area contributed by atoms with Crippen molar-refractivity contribution >= 4 is 22.7 Å². The second-order valence-electron chi connectivity index (χ2n) is 8.80. The van der Waals surface area contributed by atoms with Gasteiger partial charge >= 0.3 is 0 Å². The van der Waals surface area contributed by atoms with Crippen molar-refractivity contribution in [2.45, 2.75) is 41.5 Å². The summed E-state index contributed by atoms with van der Waals surface area (Å²) >= 11 is 0. The largest absolute Gasteiger partial charge is 0.315 e. The summed E-state index contributed by atoms with van der Waals surface area (Å²) in [6.07, 6.45) is 11.9. The molecular formula is C40H46N2. The maximum absolute atomic E-state index is 4.02. The lowest BCUT2D eigenvalue weighted by atomic mass is 10.0. The molecule has 0 heterocycles. The van der Waals surface area contributed by atoms with Crippen molar-refractivity contribution in [2.24, 2.45) is 0 Å². The average Bonchev–Trinajstić information content (AvgIpc) is 3.07. The van der Waals surface area contributed by atoms with E-state index in [-0.39, 0.29) is 0 Å². The van der Waals surface area contributed by atoms with E-state index >= 15 is 0 Å². The Morgan fingerprint density at radius 1 is 0.548 bits per heavy atom. The molecule has 4 aromatic carbocycles. The number of benzene rings is 4. The zero-order valence-corrected chi connectivity index (χ0v) is 26.2. The SMILES string of the molecule is C=C/C=C(\C=C)N(c1ccccc1)c1ccc(-c2ccc(N(/C(C)=C/C=C\C)c3ccccc3)cc2)cc1.CC.CC. The van der Waals surface area contributed by atoms with Crippen LogP contribution in [-0.2, 0) is 0 Å². The third-order valence-corrected chi connectivity index (χ3v) is 6.25. The first kappa shape index (κ1) is 33.4. The Labute approximate surface area is 255 Å². The van der Waals surface area contributed by atoms with Crippen LogP contribution in [0.5, 0.6) is 0 Å². The van der Waals surface area contributed by atoms with E-state index < -0.39 is 0 Å². The quantitative estimate of drug-likeness (QED) is 0.180. The van der Waals surface area contributed by atoms with Crippen LogP contribution in [0.25, 0.3) is 11.1 Å². The lowest BCUT2D eigenvalue weighted by Gasteiger charge is -2.26. The molecule has 4 aromatic rings. The first-order valence-corrected chi connectivity index (χ1v) is 14.8. The number of nitrogens with zero attached hydrogens (tertiary/aromatic N) is 2. The molecule has 0 N–H and O–H groups in total. The van der Waals surface area contributed by atoms with E-state index in [0.717, 1.165) is 39.7 Å². The fourth-order valence-electron chi connectivity index (χ4n) is 4.43. The zero-order chi connectivity index (χ0) is 30.7. The van der Waals surface area contributed by atoms with Crippen molar-refractivity contribution in [3.8, 4) is 11.1 Å². The molecular weight excluding hydrogens is 508 g/mol. The molecule has 0 amide bonds. The van der Waals surface area contributed by atoms with Gasteiger partial charge in [0.2, 0.25) is 0 Å². The molecule has 4 rings (SSSR count). The summed E-state index contributed by atoms with van der Waals surface area (Å²) in [6, 6.07) is 38.1. The molecule has 0 aliphatic carbocycles. The molecule has 0 atom stereocenters. The van der Waals surface area contributed by atoms with Crippen molar-refractivity contribution in [3.05, 3.63) is 170 Å². The predicted octanol–water partition coefficient (Wildman–Crippen LogP) is 12.4. The smallest absolute Gasteiger partial charge is 0.0462 e. The van der Waals surface area contributed by atoms with E-state index in [9.17, 15) is 0 Å². The minimum atomic E-state index is 0.964. The van der Waals surface area contributed by atoms with Gasteiger partial charge in [-0.2, -0.15) is 0 Å². The van der Waals surface area contributed by atoms with Gasteiger partial charge in [-0.1, -0.05) is 120 Å². The van der Waals surface area contributed by atoms with Crippen molar-refractivity contribution in [1.29, 1.82) is 0 Å². The van der Waals surface area contributed by atoms with Crippen LogP contribution >= 0.6 is 0 Å². The topological polar surface area (TPSA) is 6.48 Å². The number of allylic oxidation sites excluding steroid dienone is 7. The van der Waals surface area contributed by atoms with Gasteiger partial charge in [0, 0.05) is 34.1 Å². The highest BCUT2D eigenvalue weighted by atomic mass is 15.1. The van der Waals surface area contributed by atoms with Gasteiger partial charge in [-0.25, -0.2) is 0 Å². The van der Waals surface area contributed by atoms with Gasteiger partial charge in [0.1, 0.15) is 0 Å². The van der Waals surface area contributed by atoms with Gasteiger partial charge in [-0.3, -0.25) is 0 Å². The third kappa shape index (κ3) is 8.84. The van der Waals surface area contributed by atoms with E-state index in [2.05, 4.69) is 127 Å². The molecule has 0 radical (unpaired) electrons. The van der Waals surface area contributed by atoms with Crippen molar-refractivity contribution < 1.29 is 0 Å². The lowest BCUT2D eigenvalue weighted by Crippen LogP contribution is -2.14. The third-order valence-electron chi connectivity index (χ3n) is 6.25. The van der Waals surface area contributed by atoms with E-state index in [1.54, 1.807) is 6.08 Å². The fourth-order valence-corrected chi connectivity index (χ4v) is 4.43. The van der Waals surface area contributed by atoms with Crippen LogP contribution in [-0.4, -0.2) is 0 Å². The fraction of sp³-hybridized carbons (Fsp3) is 0.150. The molecule has 0 aliphatic heterocycles. The van der Waals surface area contributed by atoms with Crippen LogP contribution in [0.3, 0.4) is 0 Å². The van der Waals surface area contributed by atoms with Gasteiger partial charge in [0.05, 0.1) is 0 Å². The highest BCUT2D eigenvalue weighted by Crippen LogP contribution is 2.34. The van der Waals surface area contributed by atoms with Gasteiger partial charge in [-0.15, -0.1) is 0 Å². The Hall–Kier alpha value is -4.82. The first-order valence-electron chi connectivity index (χ1n) is 14.8. The maximum atomic E-state index is 4.02. The average molecular weight is 555 g/mol. The van der Waals surface area contributed by atoms with Crippen molar-refractivity contribution in [3.63, 3.8) is 0 Å². The number of hydrogen-bond acceptors (Lipinski definition) is 2. The summed E-state index contributed by atoms with van der Waals surface area (Å²) in [5.41, 5.74) is 8.83. The van der Waals surface area contributed by atoms with Crippen LogP contribution in [0, 0.1) is 0 Å². The minimum Gasteiger partial charge on any atom is -0.315 e. The van der Waals surface area contributed by atoms with Gasteiger partial charge in [-0.05, 0) is 91.7 Å². The molecule has 42 heavy (non-hydrogen) atoms. The minimum absolute atomic E-state index is 0.964. The van der Waals surface area contributed by atoms with Crippen molar-refractivity contribution in [2.75, 3.05) is 9.80 Å². The Kier molecular flexibility index (Phi) is 14.7. The second kappa shape index (κ2) is 18.5. The summed E-state index contributed by atoms with van der Waals surface area (Å²) in [4.78, 5) is 4.45. The summed E-state index contributed by atoms with van der Waals surface area (Å²) < 4.78 is 0. The predicted molar refractivity (Wildman–Crippen MR) is 189 cm³/mol. The monoisotopic (exact) mass is 554 g/mol. The lowest BCUT2D eigenvalue weighted by molar-refractivity contribution is 1.16.